The van der Waals surface area contributed by atoms with E-state index in [1.807, 2.05) is 31.2 Å². The molecule has 0 radical (unpaired) electrons. The predicted octanol–water partition coefficient (Wildman–Crippen LogP) is 2.75. The SMILES string of the molecule is Cc1cccc(CN2CCN([C@H]3CC(=O)N(c4ccccc4C)C3=O)CC2)c1. The monoisotopic (exact) mass is 377 g/mol. The van der Waals surface area contributed by atoms with Crippen LogP contribution in [0.2, 0.25) is 0 Å². The van der Waals surface area contributed by atoms with Gasteiger partial charge in [-0.3, -0.25) is 19.4 Å². The van der Waals surface area contributed by atoms with Crippen molar-refractivity contribution in [1.82, 2.24) is 9.80 Å². The molecule has 0 N–H and O–H groups in total. The lowest BCUT2D eigenvalue weighted by atomic mass is 10.1. The molecule has 2 aliphatic heterocycles. The number of amides is 2. The van der Waals surface area contributed by atoms with Crippen LogP contribution in [0, 0.1) is 13.8 Å². The normalized spacial score (nSPS) is 21.5. The molecule has 28 heavy (non-hydrogen) atoms. The predicted molar refractivity (Wildman–Crippen MR) is 110 cm³/mol. The first kappa shape index (κ1) is 18.8. The second-order valence-corrected chi connectivity index (χ2v) is 7.87. The lowest BCUT2D eigenvalue weighted by Crippen LogP contribution is -2.52. The molecule has 0 aliphatic carbocycles. The maximum atomic E-state index is 13.0. The van der Waals surface area contributed by atoms with Crippen molar-refractivity contribution in [3.05, 3.63) is 65.2 Å². The topological polar surface area (TPSA) is 43.9 Å². The minimum absolute atomic E-state index is 0.0774. The van der Waals surface area contributed by atoms with Crippen LogP contribution in [0.15, 0.2) is 48.5 Å². The maximum absolute atomic E-state index is 13.0. The van der Waals surface area contributed by atoms with Crippen LogP contribution in [-0.4, -0.2) is 53.8 Å². The van der Waals surface area contributed by atoms with Gasteiger partial charge in [0.15, 0.2) is 0 Å². The summed E-state index contributed by atoms with van der Waals surface area (Å²) in [7, 11) is 0. The highest BCUT2D eigenvalue weighted by Gasteiger charge is 2.43. The average molecular weight is 377 g/mol. The first-order chi connectivity index (χ1) is 13.5. The van der Waals surface area contributed by atoms with Crippen LogP contribution in [0.1, 0.15) is 23.1 Å². The van der Waals surface area contributed by atoms with Crippen LogP contribution in [0.4, 0.5) is 5.69 Å². The Morgan fingerprint density at radius 2 is 1.68 bits per heavy atom. The minimum atomic E-state index is -0.326. The highest BCUT2D eigenvalue weighted by atomic mass is 16.2. The van der Waals surface area contributed by atoms with Gasteiger partial charge in [-0.2, -0.15) is 0 Å². The third-order valence-electron chi connectivity index (χ3n) is 5.82. The highest BCUT2D eigenvalue weighted by molar-refractivity contribution is 6.22. The molecule has 5 nitrogen and oxygen atoms in total. The Balaban J connectivity index is 1.39. The molecule has 4 rings (SSSR count). The number of benzene rings is 2. The third kappa shape index (κ3) is 3.73. The highest BCUT2D eigenvalue weighted by Crippen LogP contribution is 2.28. The Labute approximate surface area is 166 Å². The molecule has 0 unspecified atom stereocenters. The van der Waals surface area contributed by atoms with Crippen molar-refractivity contribution in [3.8, 4) is 0 Å². The molecule has 2 saturated heterocycles. The number of para-hydroxylation sites is 1. The van der Waals surface area contributed by atoms with Gasteiger partial charge >= 0.3 is 0 Å². The van der Waals surface area contributed by atoms with Crippen molar-refractivity contribution < 1.29 is 9.59 Å². The van der Waals surface area contributed by atoms with Crippen LogP contribution < -0.4 is 4.90 Å². The number of rotatable bonds is 4. The molecule has 2 aliphatic rings. The summed E-state index contributed by atoms with van der Waals surface area (Å²) in [5, 5.41) is 0. The summed E-state index contributed by atoms with van der Waals surface area (Å²) >= 11 is 0. The van der Waals surface area contributed by atoms with Crippen LogP contribution >= 0.6 is 0 Å². The Morgan fingerprint density at radius 1 is 0.929 bits per heavy atom. The smallest absolute Gasteiger partial charge is 0.251 e. The Kier molecular flexibility index (Phi) is 5.29. The van der Waals surface area contributed by atoms with E-state index in [1.54, 1.807) is 0 Å². The minimum Gasteiger partial charge on any atom is -0.297 e. The molecule has 2 fully saturated rings. The zero-order chi connectivity index (χ0) is 19.7. The van der Waals surface area contributed by atoms with Crippen LogP contribution in [0.5, 0.6) is 0 Å². The van der Waals surface area contributed by atoms with Gasteiger partial charge in [-0.05, 0) is 31.0 Å². The second-order valence-electron chi connectivity index (χ2n) is 7.87. The molecule has 0 saturated carbocycles. The van der Waals surface area contributed by atoms with Gasteiger partial charge in [-0.15, -0.1) is 0 Å². The molecule has 2 aromatic carbocycles. The van der Waals surface area contributed by atoms with Crippen molar-refractivity contribution in [3.63, 3.8) is 0 Å². The lowest BCUT2D eigenvalue weighted by Gasteiger charge is -2.37. The summed E-state index contributed by atoms with van der Waals surface area (Å²) < 4.78 is 0. The molecule has 146 valence electrons. The number of imide groups is 1. The van der Waals surface area contributed by atoms with Gasteiger partial charge in [0.05, 0.1) is 18.2 Å². The number of nitrogens with zero attached hydrogens (tertiary/aromatic N) is 3. The van der Waals surface area contributed by atoms with Gasteiger partial charge in [0.1, 0.15) is 0 Å². The fourth-order valence-electron chi connectivity index (χ4n) is 4.27. The van der Waals surface area contributed by atoms with E-state index in [9.17, 15) is 9.59 Å². The molecule has 5 heteroatoms. The van der Waals surface area contributed by atoms with E-state index in [0.717, 1.165) is 44.0 Å². The van der Waals surface area contributed by atoms with E-state index in [2.05, 4.69) is 41.0 Å². The van der Waals surface area contributed by atoms with E-state index in [1.165, 1.54) is 16.0 Å². The summed E-state index contributed by atoms with van der Waals surface area (Å²) in [5.74, 6) is -0.169. The van der Waals surface area contributed by atoms with Crippen molar-refractivity contribution in [2.24, 2.45) is 0 Å². The Bertz CT molecular complexity index is 887. The zero-order valence-corrected chi connectivity index (χ0v) is 16.6. The summed E-state index contributed by atoms with van der Waals surface area (Å²) in [4.78, 5) is 31.6. The number of piperazine rings is 1. The number of carbonyl (C=O) groups excluding carboxylic acids is 2. The molecule has 0 bridgehead atoms. The van der Waals surface area contributed by atoms with E-state index in [0.29, 0.717) is 0 Å². The average Bonchev–Trinajstić information content (AvgIpc) is 2.97. The molecule has 1 atom stereocenters. The molecular formula is C23H27N3O2. The Hall–Kier alpha value is -2.50. The van der Waals surface area contributed by atoms with Crippen molar-refractivity contribution in [2.75, 3.05) is 31.1 Å². The van der Waals surface area contributed by atoms with Gasteiger partial charge in [0.2, 0.25) is 5.91 Å². The maximum Gasteiger partial charge on any atom is 0.251 e. The second kappa shape index (κ2) is 7.86. The van der Waals surface area contributed by atoms with Crippen molar-refractivity contribution in [1.29, 1.82) is 0 Å². The van der Waals surface area contributed by atoms with E-state index < -0.39 is 0 Å². The van der Waals surface area contributed by atoms with Gasteiger partial charge in [-0.1, -0.05) is 48.0 Å². The molecular weight excluding hydrogens is 350 g/mol. The quantitative estimate of drug-likeness (QED) is 0.769. The lowest BCUT2D eigenvalue weighted by molar-refractivity contribution is -0.123. The van der Waals surface area contributed by atoms with Gasteiger partial charge < -0.3 is 0 Å². The van der Waals surface area contributed by atoms with E-state index in [-0.39, 0.29) is 24.3 Å². The van der Waals surface area contributed by atoms with Crippen molar-refractivity contribution in [2.45, 2.75) is 32.9 Å². The fourth-order valence-corrected chi connectivity index (χ4v) is 4.27. The number of aryl methyl sites for hydroxylation is 2. The van der Waals surface area contributed by atoms with E-state index >= 15 is 0 Å². The zero-order valence-electron chi connectivity index (χ0n) is 16.6. The van der Waals surface area contributed by atoms with E-state index in [4.69, 9.17) is 0 Å². The molecule has 2 amide bonds. The number of hydrogen-bond acceptors (Lipinski definition) is 4. The number of carbonyl (C=O) groups is 2. The molecule has 0 aromatic heterocycles. The Morgan fingerprint density at radius 3 is 2.39 bits per heavy atom. The third-order valence-corrected chi connectivity index (χ3v) is 5.82. The van der Waals surface area contributed by atoms with Crippen LogP contribution in [0.3, 0.4) is 0 Å². The standard InChI is InChI=1S/C23H27N3O2/c1-17-6-5-8-19(14-17)16-24-10-12-25(13-11-24)21-15-22(27)26(23(21)28)20-9-4-3-7-18(20)2/h3-9,14,21H,10-13,15-16H2,1-2H3/t21-/m0/s1. The number of anilines is 1. The summed E-state index contributed by atoms with van der Waals surface area (Å²) in [6, 6.07) is 15.9. The van der Waals surface area contributed by atoms with Gasteiger partial charge in [-0.25, -0.2) is 4.90 Å². The largest absolute Gasteiger partial charge is 0.297 e. The van der Waals surface area contributed by atoms with Crippen molar-refractivity contribution >= 4 is 17.5 Å². The fraction of sp³-hybridized carbons (Fsp3) is 0.391. The van der Waals surface area contributed by atoms with Crippen LogP contribution in [-0.2, 0) is 16.1 Å². The van der Waals surface area contributed by atoms with Gasteiger partial charge in [0, 0.05) is 32.7 Å². The number of hydrogen-bond donors (Lipinski definition) is 0. The first-order valence-corrected chi connectivity index (χ1v) is 9.97. The molecule has 2 aromatic rings. The first-order valence-electron chi connectivity index (χ1n) is 9.97. The molecule has 2 heterocycles. The van der Waals surface area contributed by atoms with Gasteiger partial charge in [0.25, 0.3) is 5.91 Å². The summed E-state index contributed by atoms with van der Waals surface area (Å²) in [5.41, 5.74) is 4.28. The van der Waals surface area contributed by atoms with Crippen LogP contribution in [0.25, 0.3) is 0 Å². The molecule has 0 spiro atoms. The summed E-state index contributed by atoms with van der Waals surface area (Å²) in [6.07, 6.45) is 0.283. The summed E-state index contributed by atoms with van der Waals surface area (Å²) in [6.45, 7) is 8.45.